The minimum Gasteiger partial charge on any atom is -0.356 e. The van der Waals surface area contributed by atoms with Gasteiger partial charge in [-0.05, 0) is 46.1 Å². The highest BCUT2D eigenvalue weighted by atomic mass is 16.1. The summed E-state index contributed by atoms with van der Waals surface area (Å²) in [7, 11) is 0. The van der Waals surface area contributed by atoms with Gasteiger partial charge in [0, 0.05) is 25.6 Å². The Hall–Kier alpha value is -0.570. The van der Waals surface area contributed by atoms with Gasteiger partial charge < -0.3 is 5.32 Å². The molecule has 1 unspecified atom stereocenters. The van der Waals surface area contributed by atoms with Crippen molar-refractivity contribution in [1.82, 2.24) is 10.2 Å². The maximum atomic E-state index is 10.2. The van der Waals surface area contributed by atoms with E-state index in [0.29, 0.717) is 5.92 Å². The van der Waals surface area contributed by atoms with Crippen LogP contribution >= 0.6 is 0 Å². The van der Waals surface area contributed by atoms with E-state index in [2.05, 4.69) is 44.8 Å². The highest BCUT2D eigenvalue weighted by Gasteiger charge is 2.19. The van der Waals surface area contributed by atoms with Crippen molar-refractivity contribution >= 4 is 5.91 Å². The van der Waals surface area contributed by atoms with E-state index in [1.54, 1.807) is 0 Å². The Morgan fingerprint density at radius 1 is 1.28 bits per heavy atom. The Labute approximate surface area is 113 Å². The van der Waals surface area contributed by atoms with E-state index in [-0.39, 0.29) is 5.91 Å². The van der Waals surface area contributed by atoms with E-state index in [0.717, 1.165) is 18.6 Å². The number of nitrogens with zero attached hydrogens (tertiary/aromatic N) is 1. The predicted molar refractivity (Wildman–Crippen MR) is 78.7 cm³/mol. The molecule has 1 heterocycles. The van der Waals surface area contributed by atoms with E-state index in [4.69, 9.17) is 0 Å². The summed E-state index contributed by atoms with van der Waals surface area (Å²) in [6.07, 6.45) is 4.24. The van der Waals surface area contributed by atoms with Gasteiger partial charge in [-0.25, -0.2) is 0 Å². The molecule has 0 aromatic rings. The SMILES string of the molecule is CC(=O)NCC(C)C.CC(C)N1CCCCC1C. The van der Waals surface area contributed by atoms with E-state index in [1.807, 2.05) is 0 Å². The van der Waals surface area contributed by atoms with Crippen LogP contribution in [-0.2, 0) is 4.79 Å². The molecule has 0 aliphatic carbocycles. The molecule has 1 fully saturated rings. The van der Waals surface area contributed by atoms with Crippen molar-refractivity contribution in [2.45, 2.75) is 72.9 Å². The molecule has 1 aliphatic heterocycles. The smallest absolute Gasteiger partial charge is 0.216 e. The molecule has 0 bridgehead atoms. The van der Waals surface area contributed by atoms with Crippen LogP contribution in [0.25, 0.3) is 0 Å². The normalized spacial score (nSPS) is 20.6. The van der Waals surface area contributed by atoms with Gasteiger partial charge in [-0.1, -0.05) is 20.3 Å². The van der Waals surface area contributed by atoms with Crippen molar-refractivity contribution < 1.29 is 4.79 Å². The molecule has 1 atom stereocenters. The predicted octanol–water partition coefficient (Wildman–Crippen LogP) is 3.05. The summed E-state index contributed by atoms with van der Waals surface area (Å²) in [6.45, 7) is 14.7. The number of hydrogen-bond donors (Lipinski definition) is 1. The molecule has 1 aliphatic rings. The van der Waals surface area contributed by atoms with Gasteiger partial charge in [-0.2, -0.15) is 0 Å². The molecule has 1 rings (SSSR count). The maximum Gasteiger partial charge on any atom is 0.216 e. The number of amides is 1. The average Bonchev–Trinajstić information content (AvgIpc) is 2.27. The Morgan fingerprint density at radius 3 is 2.17 bits per heavy atom. The van der Waals surface area contributed by atoms with Gasteiger partial charge in [0.15, 0.2) is 0 Å². The number of likely N-dealkylation sites (tertiary alicyclic amines) is 1. The molecule has 3 nitrogen and oxygen atoms in total. The summed E-state index contributed by atoms with van der Waals surface area (Å²) in [6, 6.07) is 1.57. The minimum atomic E-state index is 0.0544. The molecule has 108 valence electrons. The summed E-state index contributed by atoms with van der Waals surface area (Å²) in [5, 5.41) is 2.71. The van der Waals surface area contributed by atoms with Crippen LogP contribution in [0.3, 0.4) is 0 Å². The van der Waals surface area contributed by atoms with E-state index < -0.39 is 0 Å². The summed E-state index contributed by atoms with van der Waals surface area (Å²) in [5.74, 6) is 0.609. The van der Waals surface area contributed by atoms with Crippen molar-refractivity contribution in [3.8, 4) is 0 Å². The lowest BCUT2D eigenvalue weighted by atomic mass is 10.0. The molecule has 0 aromatic carbocycles. The summed E-state index contributed by atoms with van der Waals surface area (Å²) in [4.78, 5) is 12.8. The molecule has 1 saturated heterocycles. The van der Waals surface area contributed by atoms with Gasteiger partial charge in [-0.15, -0.1) is 0 Å². The van der Waals surface area contributed by atoms with Crippen LogP contribution in [0.2, 0.25) is 0 Å². The van der Waals surface area contributed by atoms with Crippen LogP contribution < -0.4 is 5.32 Å². The van der Waals surface area contributed by atoms with Crippen molar-refractivity contribution in [3.63, 3.8) is 0 Å². The first-order chi connectivity index (χ1) is 8.34. The lowest BCUT2D eigenvalue weighted by Gasteiger charge is -2.36. The zero-order valence-corrected chi connectivity index (χ0v) is 13.1. The molecular weight excluding hydrogens is 224 g/mol. The van der Waals surface area contributed by atoms with Crippen LogP contribution in [0.4, 0.5) is 0 Å². The molecule has 18 heavy (non-hydrogen) atoms. The lowest BCUT2D eigenvalue weighted by Crippen LogP contribution is -2.41. The summed E-state index contributed by atoms with van der Waals surface area (Å²) < 4.78 is 0. The fourth-order valence-electron chi connectivity index (χ4n) is 2.24. The highest BCUT2D eigenvalue weighted by Crippen LogP contribution is 2.18. The molecule has 0 radical (unpaired) electrons. The summed E-state index contributed by atoms with van der Waals surface area (Å²) in [5.41, 5.74) is 0. The number of rotatable bonds is 3. The number of carbonyl (C=O) groups excluding carboxylic acids is 1. The Balaban J connectivity index is 0.000000331. The fraction of sp³-hybridized carbons (Fsp3) is 0.933. The van der Waals surface area contributed by atoms with Crippen LogP contribution in [0.1, 0.15) is 60.8 Å². The van der Waals surface area contributed by atoms with Crippen LogP contribution in [-0.4, -0.2) is 36.0 Å². The van der Waals surface area contributed by atoms with E-state index in [9.17, 15) is 4.79 Å². The third kappa shape index (κ3) is 8.51. The standard InChI is InChI=1S/C9H19N.C6H13NO/c1-8(2)10-7-5-4-6-9(10)3;1-5(2)4-7-6(3)8/h8-9H,4-7H2,1-3H3;5H,4H2,1-3H3,(H,7,8). The monoisotopic (exact) mass is 256 g/mol. The molecule has 0 saturated carbocycles. The number of hydrogen-bond acceptors (Lipinski definition) is 2. The van der Waals surface area contributed by atoms with Gasteiger partial charge in [0.1, 0.15) is 0 Å². The van der Waals surface area contributed by atoms with Crippen LogP contribution in [0.5, 0.6) is 0 Å². The van der Waals surface area contributed by atoms with Crippen molar-refractivity contribution in [1.29, 1.82) is 0 Å². The van der Waals surface area contributed by atoms with Crippen LogP contribution in [0, 0.1) is 5.92 Å². The quantitative estimate of drug-likeness (QED) is 0.842. The van der Waals surface area contributed by atoms with Gasteiger partial charge in [0.05, 0.1) is 0 Å². The first kappa shape index (κ1) is 17.4. The van der Waals surface area contributed by atoms with Crippen molar-refractivity contribution in [2.75, 3.05) is 13.1 Å². The fourth-order valence-corrected chi connectivity index (χ4v) is 2.24. The molecule has 1 amide bonds. The Kier molecular flexibility index (Phi) is 9.08. The highest BCUT2D eigenvalue weighted by molar-refractivity contribution is 5.72. The molecule has 1 N–H and O–H groups in total. The van der Waals surface area contributed by atoms with Gasteiger partial charge in [0.25, 0.3) is 0 Å². The third-order valence-electron chi connectivity index (χ3n) is 3.28. The third-order valence-corrected chi connectivity index (χ3v) is 3.28. The lowest BCUT2D eigenvalue weighted by molar-refractivity contribution is -0.119. The topological polar surface area (TPSA) is 32.3 Å². The first-order valence-electron chi connectivity index (χ1n) is 7.34. The van der Waals surface area contributed by atoms with Gasteiger partial charge in [-0.3, -0.25) is 9.69 Å². The maximum absolute atomic E-state index is 10.2. The Morgan fingerprint density at radius 2 is 1.89 bits per heavy atom. The number of nitrogens with one attached hydrogen (secondary N) is 1. The van der Waals surface area contributed by atoms with Crippen molar-refractivity contribution in [2.24, 2.45) is 5.92 Å². The second-order valence-corrected chi connectivity index (χ2v) is 6.01. The molecule has 0 spiro atoms. The zero-order valence-electron chi connectivity index (χ0n) is 13.1. The number of carbonyl (C=O) groups is 1. The minimum absolute atomic E-state index is 0.0544. The van der Waals surface area contributed by atoms with E-state index >= 15 is 0 Å². The molecule has 0 aromatic heterocycles. The average molecular weight is 256 g/mol. The second kappa shape index (κ2) is 9.37. The van der Waals surface area contributed by atoms with Crippen molar-refractivity contribution in [3.05, 3.63) is 0 Å². The summed E-state index contributed by atoms with van der Waals surface area (Å²) >= 11 is 0. The zero-order chi connectivity index (χ0) is 14.1. The van der Waals surface area contributed by atoms with Gasteiger partial charge in [0.2, 0.25) is 5.91 Å². The largest absolute Gasteiger partial charge is 0.356 e. The second-order valence-electron chi connectivity index (χ2n) is 6.01. The van der Waals surface area contributed by atoms with Crippen LogP contribution in [0.15, 0.2) is 0 Å². The molecule has 3 heteroatoms. The Bertz CT molecular complexity index is 227. The molecular formula is C15H32N2O. The van der Waals surface area contributed by atoms with Gasteiger partial charge >= 0.3 is 0 Å². The van der Waals surface area contributed by atoms with E-state index in [1.165, 1.54) is 32.7 Å². The number of piperidine rings is 1. The first-order valence-corrected chi connectivity index (χ1v) is 7.34.